The van der Waals surface area contributed by atoms with Crippen LogP contribution in [0.4, 0.5) is 4.39 Å². The van der Waals surface area contributed by atoms with E-state index in [1.165, 1.54) is 5.56 Å². The Kier molecular flexibility index (Phi) is 5.11. The van der Waals surface area contributed by atoms with E-state index in [0.717, 1.165) is 58.9 Å². The van der Waals surface area contributed by atoms with Crippen LogP contribution in [0.25, 0.3) is 0 Å². The number of ether oxygens (including phenoxy) is 2. The van der Waals surface area contributed by atoms with E-state index in [4.69, 9.17) is 9.47 Å². The highest BCUT2D eigenvalue weighted by Crippen LogP contribution is 2.34. The van der Waals surface area contributed by atoms with E-state index in [1.807, 2.05) is 12.1 Å². The van der Waals surface area contributed by atoms with Gasteiger partial charge in [-0.25, -0.2) is 4.39 Å². The Labute approximate surface area is 132 Å². The summed E-state index contributed by atoms with van der Waals surface area (Å²) in [5.74, 6) is 0.232. The van der Waals surface area contributed by atoms with Crippen LogP contribution in [0.5, 0.6) is 0 Å². The third kappa shape index (κ3) is 3.86. The minimum atomic E-state index is -0.166. The summed E-state index contributed by atoms with van der Waals surface area (Å²) in [6.45, 7) is 8.65. The molecule has 0 aromatic heterocycles. The van der Waals surface area contributed by atoms with Crippen molar-refractivity contribution in [2.45, 2.75) is 25.7 Å². The maximum absolute atomic E-state index is 13.1. The number of nitrogens with zero attached hydrogens (tertiary/aromatic N) is 1. The van der Waals surface area contributed by atoms with Gasteiger partial charge in [-0.05, 0) is 36.5 Å². The first-order valence-electron chi connectivity index (χ1n) is 8.30. The Hall–Kier alpha value is -0.970. The summed E-state index contributed by atoms with van der Waals surface area (Å²) < 4.78 is 24.5. The number of benzene rings is 1. The van der Waals surface area contributed by atoms with Crippen LogP contribution in [0, 0.1) is 11.2 Å². The molecule has 2 aliphatic rings. The summed E-state index contributed by atoms with van der Waals surface area (Å²) in [4.78, 5) is 2.52. The van der Waals surface area contributed by atoms with Gasteiger partial charge in [-0.3, -0.25) is 4.90 Å². The third-order valence-corrected chi connectivity index (χ3v) is 5.04. The first-order chi connectivity index (χ1) is 10.7. The maximum Gasteiger partial charge on any atom is 0.123 e. The molecule has 2 saturated heterocycles. The van der Waals surface area contributed by atoms with Gasteiger partial charge in [0.05, 0.1) is 13.2 Å². The fraction of sp³-hybridized carbons (Fsp3) is 0.667. The van der Waals surface area contributed by atoms with E-state index in [-0.39, 0.29) is 11.2 Å². The van der Waals surface area contributed by atoms with E-state index < -0.39 is 0 Å². The Morgan fingerprint density at radius 2 is 1.86 bits per heavy atom. The minimum absolute atomic E-state index is 0.166. The van der Waals surface area contributed by atoms with Crippen molar-refractivity contribution in [2.75, 3.05) is 46.1 Å². The molecule has 3 nitrogen and oxygen atoms in total. The Balaban J connectivity index is 1.64. The summed E-state index contributed by atoms with van der Waals surface area (Å²) in [5.41, 5.74) is 1.46. The molecule has 1 spiro atoms. The SMILES string of the molecule is C[C@@H](CN1CCOCC2(CCOCC2)C1)c1ccc(F)cc1. The number of halogens is 1. The lowest BCUT2D eigenvalue weighted by Gasteiger charge is -2.39. The summed E-state index contributed by atoms with van der Waals surface area (Å²) in [7, 11) is 0. The number of hydrogen-bond donors (Lipinski definition) is 0. The molecular weight excluding hydrogens is 281 g/mol. The third-order valence-electron chi connectivity index (χ3n) is 5.04. The minimum Gasteiger partial charge on any atom is -0.381 e. The van der Waals surface area contributed by atoms with Gasteiger partial charge in [-0.1, -0.05) is 19.1 Å². The van der Waals surface area contributed by atoms with Crippen LogP contribution < -0.4 is 0 Å². The lowest BCUT2D eigenvalue weighted by molar-refractivity contribution is -0.0317. The van der Waals surface area contributed by atoms with Crippen molar-refractivity contribution in [3.05, 3.63) is 35.6 Å². The van der Waals surface area contributed by atoms with Crippen molar-refractivity contribution < 1.29 is 13.9 Å². The second kappa shape index (κ2) is 7.07. The summed E-state index contributed by atoms with van der Waals surface area (Å²) in [5, 5.41) is 0. The molecular formula is C18H26FNO2. The van der Waals surface area contributed by atoms with Gasteiger partial charge in [-0.2, -0.15) is 0 Å². The van der Waals surface area contributed by atoms with Crippen molar-refractivity contribution >= 4 is 0 Å². The van der Waals surface area contributed by atoms with Crippen LogP contribution in [-0.2, 0) is 9.47 Å². The van der Waals surface area contributed by atoms with Crippen molar-refractivity contribution in [1.82, 2.24) is 4.90 Å². The molecule has 3 rings (SSSR count). The lowest BCUT2D eigenvalue weighted by Crippen LogP contribution is -2.43. The molecule has 0 bridgehead atoms. The molecule has 1 atom stereocenters. The fourth-order valence-electron chi connectivity index (χ4n) is 3.63. The largest absolute Gasteiger partial charge is 0.381 e. The Bertz CT molecular complexity index is 470. The van der Waals surface area contributed by atoms with Crippen molar-refractivity contribution in [2.24, 2.45) is 5.41 Å². The average molecular weight is 307 g/mol. The van der Waals surface area contributed by atoms with Crippen LogP contribution in [0.3, 0.4) is 0 Å². The van der Waals surface area contributed by atoms with Gasteiger partial charge in [0.15, 0.2) is 0 Å². The van der Waals surface area contributed by atoms with Crippen LogP contribution >= 0.6 is 0 Å². The van der Waals surface area contributed by atoms with E-state index >= 15 is 0 Å². The first-order valence-corrected chi connectivity index (χ1v) is 8.30. The Morgan fingerprint density at radius 1 is 1.14 bits per heavy atom. The average Bonchev–Trinajstić information content (AvgIpc) is 2.71. The molecule has 0 unspecified atom stereocenters. The smallest absolute Gasteiger partial charge is 0.123 e. The van der Waals surface area contributed by atoms with Crippen LogP contribution in [0.1, 0.15) is 31.2 Å². The molecule has 0 aliphatic carbocycles. The van der Waals surface area contributed by atoms with Crippen LogP contribution in [0.2, 0.25) is 0 Å². The second-order valence-electron chi connectivity index (χ2n) is 6.85. The van der Waals surface area contributed by atoms with E-state index in [0.29, 0.717) is 5.92 Å². The molecule has 0 N–H and O–H groups in total. The first kappa shape index (κ1) is 15.9. The maximum atomic E-state index is 13.1. The van der Waals surface area contributed by atoms with Crippen molar-refractivity contribution in [1.29, 1.82) is 0 Å². The number of rotatable bonds is 3. The highest BCUT2D eigenvalue weighted by atomic mass is 19.1. The van der Waals surface area contributed by atoms with Gasteiger partial charge < -0.3 is 9.47 Å². The molecule has 0 saturated carbocycles. The van der Waals surface area contributed by atoms with Gasteiger partial charge in [0.1, 0.15) is 5.82 Å². The topological polar surface area (TPSA) is 21.7 Å². The number of hydrogen-bond acceptors (Lipinski definition) is 3. The molecule has 2 aliphatic heterocycles. The summed E-state index contributed by atoms with van der Waals surface area (Å²) in [6.07, 6.45) is 2.18. The van der Waals surface area contributed by atoms with Gasteiger partial charge >= 0.3 is 0 Å². The lowest BCUT2D eigenvalue weighted by atomic mass is 9.80. The molecule has 1 aromatic rings. The monoisotopic (exact) mass is 307 g/mol. The molecule has 1 aromatic carbocycles. The zero-order chi connectivity index (χ0) is 15.4. The fourth-order valence-corrected chi connectivity index (χ4v) is 3.63. The summed E-state index contributed by atoms with van der Waals surface area (Å²) in [6, 6.07) is 6.91. The standard InChI is InChI=1S/C18H26FNO2/c1-15(16-2-4-17(19)5-3-16)12-20-8-11-22-14-18(13-20)6-9-21-10-7-18/h2-5,15H,6-14H2,1H3/t15-/m0/s1. The predicted molar refractivity (Wildman–Crippen MR) is 84.6 cm³/mol. The summed E-state index contributed by atoms with van der Waals surface area (Å²) >= 11 is 0. The molecule has 2 fully saturated rings. The molecule has 122 valence electrons. The molecule has 22 heavy (non-hydrogen) atoms. The van der Waals surface area contributed by atoms with E-state index in [9.17, 15) is 4.39 Å². The molecule has 0 radical (unpaired) electrons. The predicted octanol–water partition coefficient (Wildman–Crippen LogP) is 3.06. The van der Waals surface area contributed by atoms with Crippen molar-refractivity contribution in [3.63, 3.8) is 0 Å². The zero-order valence-corrected chi connectivity index (χ0v) is 13.4. The van der Waals surface area contributed by atoms with Gasteiger partial charge in [0.25, 0.3) is 0 Å². The Morgan fingerprint density at radius 3 is 2.59 bits per heavy atom. The molecule has 0 amide bonds. The molecule has 4 heteroatoms. The highest BCUT2D eigenvalue weighted by molar-refractivity contribution is 5.20. The normalized spacial score (nSPS) is 24.1. The zero-order valence-electron chi connectivity index (χ0n) is 13.4. The van der Waals surface area contributed by atoms with Crippen LogP contribution in [0.15, 0.2) is 24.3 Å². The van der Waals surface area contributed by atoms with E-state index in [1.54, 1.807) is 12.1 Å². The second-order valence-corrected chi connectivity index (χ2v) is 6.85. The van der Waals surface area contributed by atoms with Crippen LogP contribution in [-0.4, -0.2) is 51.0 Å². The quantitative estimate of drug-likeness (QED) is 0.857. The van der Waals surface area contributed by atoms with Crippen molar-refractivity contribution in [3.8, 4) is 0 Å². The molecule has 2 heterocycles. The highest BCUT2D eigenvalue weighted by Gasteiger charge is 2.36. The van der Waals surface area contributed by atoms with Gasteiger partial charge in [0, 0.05) is 38.3 Å². The van der Waals surface area contributed by atoms with Gasteiger partial charge in [-0.15, -0.1) is 0 Å². The van der Waals surface area contributed by atoms with E-state index in [2.05, 4.69) is 11.8 Å². The van der Waals surface area contributed by atoms with Gasteiger partial charge in [0.2, 0.25) is 0 Å².